The summed E-state index contributed by atoms with van der Waals surface area (Å²) in [6.45, 7) is 7.03. The highest BCUT2D eigenvalue weighted by Crippen LogP contribution is 2.19. The zero-order valence-corrected chi connectivity index (χ0v) is 11.1. The molecule has 0 unspecified atom stereocenters. The van der Waals surface area contributed by atoms with Crippen LogP contribution in [0.5, 0.6) is 0 Å². The number of aliphatic hydroxyl groups excluding tert-OH is 1. The third kappa shape index (κ3) is 6.03. The third-order valence-electron chi connectivity index (χ3n) is 3.49. The van der Waals surface area contributed by atoms with Gasteiger partial charge in [0, 0.05) is 19.6 Å². The molecule has 4 nitrogen and oxygen atoms in total. The van der Waals surface area contributed by atoms with Gasteiger partial charge in [-0.3, -0.25) is 4.79 Å². The highest BCUT2D eigenvalue weighted by molar-refractivity contribution is 5.76. The van der Waals surface area contributed by atoms with E-state index in [1.807, 2.05) is 0 Å². The van der Waals surface area contributed by atoms with Crippen molar-refractivity contribution in [3.05, 3.63) is 0 Å². The molecule has 0 aromatic rings. The minimum absolute atomic E-state index is 0.0153. The average molecular weight is 242 g/mol. The second-order valence-corrected chi connectivity index (χ2v) is 5.81. The molecule has 1 aliphatic rings. The van der Waals surface area contributed by atoms with E-state index >= 15 is 0 Å². The fourth-order valence-corrected chi connectivity index (χ4v) is 2.15. The summed E-state index contributed by atoms with van der Waals surface area (Å²) in [7, 11) is 0. The summed E-state index contributed by atoms with van der Waals surface area (Å²) in [5.41, 5.74) is -0.0153. The predicted molar refractivity (Wildman–Crippen MR) is 68.7 cm³/mol. The van der Waals surface area contributed by atoms with Gasteiger partial charge in [-0.1, -0.05) is 13.8 Å². The molecule has 3 N–H and O–H groups in total. The van der Waals surface area contributed by atoms with E-state index in [0.717, 1.165) is 32.4 Å². The van der Waals surface area contributed by atoms with Crippen LogP contribution in [0.15, 0.2) is 0 Å². The number of piperidine rings is 1. The molecule has 0 radical (unpaired) electrons. The van der Waals surface area contributed by atoms with Gasteiger partial charge in [0.15, 0.2) is 0 Å². The van der Waals surface area contributed by atoms with E-state index in [1.165, 1.54) is 0 Å². The van der Waals surface area contributed by atoms with Crippen LogP contribution in [-0.4, -0.2) is 37.3 Å². The van der Waals surface area contributed by atoms with Crippen LogP contribution >= 0.6 is 0 Å². The van der Waals surface area contributed by atoms with Crippen molar-refractivity contribution in [1.82, 2.24) is 10.6 Å². The first-order valence-electron chi connectivity index (χ1n) is 6.62. The minimum Gasteiger partial charge on any atom is -0.396 e. The molecule has 100 valence electrons. The van der Waals surface area contributed by atoms with Gasteiger partial charge in [0.25, 0.3) is 0 Å². The molecule has 1 heterocycles. The van der Waals surface area contributed by atoms with Crippen molar-refractivity contribution in [3.63, 3.8) is 0 Å². The van der Waals surface area contributed by atoms with Gasteiger partial charge in [-0.2, -0.15) is 0 Å². The molecular formula is C13H26N2O2. The average Bonchev–Trinajstić information content (AvgIpc) is 2.28. The molecule has 1 rings (SSSR count). The van der Waals surface area contributed by atoms with Crippen molar-refractivity contribution in [2.75, 3.05) is 26.2 Å². The molecule has 0 spiro atoms. The number of carbonyl (C=O) groups is 1. The predicted octanol–water partition coefficient (Wildman–Crippen LogP) is 0.901. The fraction of sp³-hybridized carbons (Fsp3) is 0.923. The first-order valence-corrected chi connectivity index (χ1v) is 6.62. The lowest BCUT2D eigenvalue weighted by Gasteiger charge is -2.25. The number of aliphatic hydroxyl groups is 1. The van der Waals surface area contributed by atoms with Crippen LogP contribution in [0.1, 0.15) is 39.5 Å². The van der Waals surface area contributed by atoms with Crippen molar-refractivity contribution in [1.29, 1.82) is 0 Å². The molecule has 17 heavy (non-hydrogen) atoms. The summed E-state index contributed by atoms with van der Waals surface area (Å²) >= 11 is 0. The van der Waals surface area contributed by atoms with Gasteiger partial charge in [0.05, 0.1) is 0 Å². The number of hydrogen-bond acceptors (Lipinski definition) is 3. The second kappa shape index (κ2) is 6.97. The molecule has 1 amide bonds. The van der Waals surface area contributed by atoms with Crippen molar-refractivity contribution in [2.24, 2.45) is 11.3 Å². The highest BCUT2D eigenvalue weighted by atomic mass is 16.3. The lowest BCUT2D eigenvalue weighted by molar-refractivity contribution is -0.122. The number of carbonyl (C=O) groups excluding carboxylic acids is 1. The van der Waals surface area contributed by atoms with Gasteiger partial charge >= 0.3 is 0 Å². The topological polar surface area (TPSA) is 61.4 Å². The van der Waals surface area contributed by atoms with Gasteiger partial charge in [-0.15, -0.1) is 0 Å². The Hall–Kier alpha value is -0.610. The van der Waals surface area contributed by atoms with Crippen LogP contribution in [0.25, 0.3) is 0 Å². The van der Waals surface area contributed by atoms with Crippen LogP contribution in [0, 0.1) is 11.3 Å². The smallest absolute Gasteiger partial charge is 0.220 e. The summed E-state index contributed by atoms with van der Waals surface area (Å²) in [5, 5.41) is 15.2. The molecule has 1 saturated heterocycles. The summed E-state index contributed by atoms with van der Waals surface area (Å²) < 4.78 is 0. The van der Waals surface area contributed by atoms with E-state index in [1.54, 1.807) is 0 Å². The lowest BCUT2D eigenvalue weighted by atomic mass is 9.89. The Morgan fingerprint density at radius 3 is 2.65 bits per heavy atom. The Morgan fingerprint density at radius 2 is 2.06 bits per heavy atom. The number of hydrogen-bond donors (Lipinski definition) is 3. The molecule has 1 fully saturated rings. The standard InChI is InChI=1S/C13H26N2O2/c1-13(2,5-8-16)10-15-12(17)9-11-3-6-14-7-4-11/h11,14,16H,3-10H2,1-2H3,(H,15,17). The number of rotatable bonds is 6. The zero-order chi connectivity index (χ0) is 12.7. The molecular weight excluding hydrogens is 216 g/mol. The molecule has 0 bridgehead atoms. The van der Waals surface area contributed by atoms with Crippen LogP contribution in [0.2, 0.25) is 0 Å². The summed E-state index contributed by atoms with van der Waals surface area (Å²) in [5.74, 6) is 0.695. The van der Waals surface area contributed by atoms with Crippen LogP contribution in [0.3, 0.4) is 0 Å². The zero-order valence-electron chi connectivity index (χ0n) is 11.1. The first kappa shape index (κ1) is 14.5. The fourth-order valence-electron chi connectivity index (χ4n) is 2.15. The molecule has 0 aliphatic carbocycles. The lowest BCUT2D eigenvalue weighted by Crippen LogP contribution is -2.37. The van der Waals surface area contributed by atoms with Crippen LogP contribution in [-0.2, 0) is 4.79 Å². The number of nitrogens with one attached hydrogen (secondary N) is 2. The Morgan fingerprint density at radius 1 is 1.41 bits per heavy atom. The summed E-state index contributed by atoms with van der Waals surface area (Å²) in [6, 6.07) is 0. The minimum atomic E-state index is -0.0153. The molecule has 0 aromatic carbocycles. The van der Waals surface area contributed by atoms with E-state index in [2.05, 4.69) is 24.5 Å². The maximum absolute atomic E-state index is 11.8. The summed E-state index contributed by atoms with van der Waals surface area (Å²) in [6.07, 6.45) is 3.58. The van der Waals surface area contributed by atoms with Crippen molar-refractivity contribution in [2.45, 2.75) is 39.5 Å². The quantitative estimate of drug-likeness (QED) is 0.648. The van der Waals surface area contributed by atoms with E-state index in [4.69, 9.17) is 5.11 Å². The second-order valence-electron chi connectivity index (χ2n) is 5.81. The van der Waals surface area contributed by atoms with E-state index in [9.17, 15) is 4.79 Å². The first-order chi connectivity index (χ1) is 8.03. The van der Waals surface area contributed by atoms with Gasteiger partial charge in [-0.05, 0) is 43.7 Å². The highest BCUT2D eigenvalue weighted by Gasteiger charge is 2.20. The molecule has 0 atom stereocenters. The Kier molecular flexibility index (Phi) is 5.92. The van der Waals surface area contributed by atoms with Crippen molar-refractivity contribution < 1.29 is 9.90 Å². The maximum Gasteiger partial charge on any atom is 0.220 e. The Balaban J connectivity index is 2.20. The van der Waals surface area contributed by atoms with E-state index in [-0.39, 0.29) is 17.9 Å². The van der Waals surface area contributed by atoms with Crippen LogP contribution in [0.4, 0.5) is 0 Å². The van der Waals surface area contributed by atoms with Crippen LogP contribution < -0.4 is 10.6 Å². The third-order valence-corrected chi connectivity index (χ3v) is 3.49. The van der Waals surface area contributed by atoms with Crippen molar-refractivity contribution in [3.8, 4) is 0 Å². The molecule has 4 heteroatoms. The Bertz CT molecular complexity index is 236. The van der Waals surface area contributed by atoms with Crippen molar-refractivity contribution >= 4 is 5.91 Å². The summed E-state index contributed by atoms with van der Waals surface area (Å²) in [4.78, 5) is 11.8. The maximum atomic E-state index is 11.8. The van der Waals surface area contributed by atoms with Gasteiger partial charge in [0.1, 0.15) is 0 Å². The molecule has 1 aliphatic heterocycles. The van der Waals surface area contributed by atoms with Gasteiger partial charge < -0.3 is 15.7 Å². The monoisotopic (exact) mass is 242 g/mol. The Labute approximate surface area is 104 Å². The van der Waals surface area contributed by atoms with E-state index in [0.29, 0.717) is 18.9 Å². The SMILES string of the molecule is CC(C)(CCO)CNC(=O)CC1CCNCC1. The van der Waals surface area contributed by atoms with Gasteiger partial charge in [-0.25, -0.2) is 0 Å². The van der Waals surface area contributed by atoms with Gasteiger partial charge in [0.2, 0.25) is 5.91 Å². The largest absolute Gasteiger partial charge is 0.396 e. The molecule has 0 saturated carbocycles. The number of amides is 1. The van der Waals surface area contributed by atoms with E-state index < -0.39 is 0 Å². The molecule has 0 aromatic heterocycles. The normalized spacial score (nSPS) is 18.1.